The fourth-order valence-electron chi connectivity index (χ4n) is 0.663. The zero-order chi connectivity index (χ0) is 10.3. The molecule has 13 heavy (non-hydrogen) atoms. The molecule has 0 aliphatic heterocycles. The molecule has 0 heterocycles. The first kappa shape index (κ1) is 11.4. The summed E-state index contributed by atoms with van der Waals surface area (Å²) in [6.45, 7) is 7.33. The van der Waals surface area contributed by atoms with E-state index in [4.69, 9.17) is 0 Å². The lowest BCUT2D eigenvalue weighted by Gasteiger charge is -1.93. The molecule has 1 aromatic carbocycles. The Morgan fingerprint density at radius 3 is 1.77 bits per heavy atom. The van der Waals surface area contributed by atoms with Gasteiger partial charge in [0.2, 0.25) is 5.91 Å². The Bertz CT molecular complexity index is 271. The molecule has 1 amide bonds. The Morgan fingerprint density at radius 2 is 1.62 bits per heavy atom. The molecule has 0 radical (unpaired) electrons. The summed E-state index contributed by atoms with van der Waals surface area (Å²) in [5.41, 5.74) is 7.27. The SMILES string of the molecule is C=CC(N)=O.Cc1ccccc1C. The molecule has 0 aliphatic carbocycles. The van der Waals surface area contributed by atoms with E-state index in [2.05, 4.69) is 50.4 Å². The van der Waals surface area contributed by atoms with Crippen molar-refractivity contribution in [3.05, 3.63) is 48.0 Å². The summed E-state index contributed by atoms with van der Waals surface area (Å²) in [7, 11) is 0. The van der Waals surface area contributed by atoms with Crippen LogP contribution in [-0.2, 0) is 4.79 Å². The molecule has 0 saturated carbocycles. The molecule has 0 bridgehead atoms. The molecule has 0 aliphatic rings. The maximum atomic E-state index is 9.47. The normalized spacial score (nSPS) is 8.15. The number of nitrogens with two attached hydrogens (primary N) is 1. The molecular formula is C11H15NO. The lowest BCUT2D eigenvalue weighted by Crippen LogP contribution is -2.04. The standard InChI is InChI=1S/C8H10.C3H5NO/c1-7-5-3-4-6-8(7)2;1-2-3(4)5/h3-6H,1-2H3;2H,1H2,(H2,4,5). The fourth-order valence-corrected chi connectivity index (χ4v) is 0.663. The lowest BCUT2D eigenvalue weighted by molar-refractivity contribution is -0.113. The first-order valence-corrected chi connectivity index (χ1v) is 4.02. The zero-order valence-corrected chi connectivity index (χ0v) is 8.08. The minimum absolute atomic E-state index is 0.481. The van der Waals surface area contributed by atoms with Gasteiger partial charge in [-0.3, -0.25) is 4.79 Å². The van der Waals surface area contributed by atoms with Crippen LogP contribution in [0.1, 0.15) is 11.1 Å². The van der Waals surface area contributed by atoms with Crippen LogP contribution in [-0.4, -0.2) is 5.91 Å². The van der Waals surface area contributed by atoms with E-state index in [0.29, 0.717) is 0 Å². The van der Waals surface area contributed by atoms with E-state index in [-0.39, 0.29) is 0 Å². The number of hydrogen-bond acceptors (Lipinski definition) is 1. The second-order valence-corrected chi connectivity index (χ2v) is 2.69. The highest BCUT2D eigenvalue weighted by Gasteiger charge is 1.83. The second-order valence-electron chi connectivity index (χ2n) is 2.69. The molecule has 0 fully saturated rings. The van der Waals surface area contributed by atoms with Gasteiger partial charge in [-0.05, 0) is 31.1 Å². The van der Waals surface area contributed by atoms with Gasteiger partial charge in [0.25, 0.3) is 0 Å². The van der Waals surface area contributed by atoms with Crippen molar-refractivity contribution in [3.8, 4) is 0 Å². The average molecular weight is 177 g/mol. The smallest absolute Gasteiger partial charge is 0.240 e. The minimum atomic E-state index is -0.481. The van der Waals surface area contributed by atoms with Crippen LogP contribution in [0.3, 0.4) is 0 Å². The summed E-state index contributed by atoms with van der Waals surface area (Å²) in [4.78, 5) is 9.47. The summed E-state index contributed by atoms with van der Waals surface area (Å²) in [5.74, 6) is -0.481. The summed E-state index contributed by atoms with van der Waals surface area (Å²) in [6.07, 6.45) is 1.06. The molecule has 2 N–H and O–H groups in total. The van der Waals surface area contributed by atoms with Gasteiger partial charge in [0.15, 0.2) is 0 Å². The molecular weight excluding hydrogens is 162 g/mol. The van der Waals surface area contributed by atoms with Gasteiger partial charge >= 0.3 is 0 Å². The van der Waals surface area contributed by atoms with E-state index < -0.39 is 5.91 Å². The summed E-state index contributed by atoms with van der Waals surface area (Å²) in [5, 5.41) is 0. The van der Waals surface area contributed by atoms with Crippen molar-refractivity contribution >= 4 is 5.91 Å². The van der Waals surface area contributed by atoms with Gasteiger partial charge in [0.1, 0.15) is 0 Å². The molecule has 0 spiro atoms. The van der Waals surface area contributed by atoms with Gasteiger partial charge in [-0.15, -0.1) is 0 Å². The molecule has 2 nitrogen and oxygen atoms in total. The third-order valence-corrected chi connectivity index (χ3v) is 1.63. The van der Waals surface area contributed by atoms with Crippen LogP contribution in [0.25, 0.3) is 0 Å². The van der Waals surface area contributed by atoms with E-state index in [9.17, 15) is 4.79 Å². The van der Waals surface area contributed by atoms with Gasteiger partial charge in [-0.2, -0.15) is 0 Å². The Balaban J connectivity index is 0.000000252. The third kappa shape index (κ3) is 5.67. The van der Waals surface area contributed by atoms with E-state index in [1.807, 2.05) is 0 Å². The van der Waals surface area contributed by atoms with Crippen LogP contribution >= 0.6 is 0 Å². The zero-order valence-electron chi connectivity index (χ0n) is 8.08. The van der Waals surface area contributed by atoms with Crippen molar-refractivity contribution in [3.63, 3.8) is 0 Å². The minimum Gasteiger partial charge on any atom is -0.366 e. The topological polar surface area (TPSA) is 43.1 Å². The Hall–Kier alpha value is -1.57. The number of benzene rings is 1. The second kappa shape index (κ2) is 6.00. The summed E-state index contributed by atoms with van der Waals surface area (Å²) >= 11 is 0. The third-order valence-electron chi connectivity index (χ3n) is 1.63. The molecule has 2 heteroatoms. The van der Waals surface area contributed by atoms with Crippen molar-refractivity contribution < 1.29 is 4.79 Å². The highest BCUT2D eigenvalue weighted by molar-refractivity contribution is 5.84. The first-order valence-electron chi connectivity index (χ1n) is 4.02. The highest BCUT2D eigenvalue weighted by atomic mass is 16.1. The summed E-state index contributed by atoms with van der Waals surface area (Å²) < 4.78 is 0. The van der Waals surface area contributed by atoms with Gasteiger partial charge in [0.05, 0.1) is 0 Å². The number of hydrogen-bond donors (Lipinski definition) is 1. The first-order chi connectivity index (χ1) is 6.07. The predicted molar refractivity (Wildman–Crippen MR) is 55.3 cm³/mol. The van der Waals surface area contributed by atoms with E-state index >= 15 is 0 Å². The lowest BCUT2D eigenvalue weighted by atomic mass is 10.1. The van der Waals surface area contributed by atoms with Gasteiger partial charge in [-0.1, -0.05) is 30.8 Å². The van der Waals surface area contributed by atoms with Gasteiger partial charge < -0.3 is 5.73 Å². The maximum Gasteiger partial charge on any atom is 0.240 e. The van der Waals surface area contributed by atoms with Crippen LogP contribution in [0.4, 0.5) is 0 Å². The molecule has 1 aromatic rings. The van der Waals surface area contributed by atoms with Crippen molar-refractivity contribution in [2.75, 3.05) is 0 Å². The summed E-state index contributed by atoms with van der Waals surface area (Å²) in [6, 6.07) is 8.36. The molecule has 0 atom stereocenters. The Labute approximate surface area is 79.1 Å². The number of aryl methyl sites for hydroxylation is 2. The number of primary amides is 1. The van der Waals surface area contributed by atoms with Crippen LogP contribution in [0.15, 0.2) is 36.9 Å². The monoisotopic (exact) mass is 177 g/mol. The quantitative estimate of drug-likeness (QED) is 0.655. The Morgan fingerprint density at radius 1 is 1.31 bits per heavy atom. The van der Waals surface area contributed by atoms with Gasteiger partial charge in [0, 0.05) is 0 Å². The molecule has 0 saturated heterocycles. The van der Waals surface area contributed by atoms with Crippen LogP contribution < -0.4 is 5.73 Å². The number of rotatable bonds is 1. The average Bonchev–Trinajstić information content (AvgIpc) is 2.11. The van der Waals surface area contributed by atoms with Crippen molar-refractivity contribution in [1.29, 1.82) is 0 Å². The van der Waals surface area contributed by atoms with Gasteiger partial charge in [-0.25, -0.2) is 0 Å². The maximum absolute atomic E-state index is 9.47. The van der Waals surface area contributed by atoms with E-state index in [0.717, 1.165) is 6.08 Å². The number of carbonyl (C=O) groups excluding carboxylic acids is 1. The largest absolute Gasteiger partial charge is 0.366 e. The number of carbonyl (C=O) groups is 1. The fraction of sp³-hybridized carbons (Fsp3) is 0.182. The van der Waals surface area contributed by atoms with Crippen LogP contribution in [0.5, 0.6) is 0 Å². The predicted octanol–water partition coefficient (Wildman–Crippen LogP) is 1.96. The molecule has 70 valence electrons. The van der Waals surface area contributed by atoms with Crippen molar-refractivity contribution in [2.45, 2.75) is 13.8 Å². The molecule has 0 unspecified atom stereocenters. The van der Waals surface area contributed by atoms with Crippen molar-refractivity contribution in [1.82, 2.24) is 0 Å². The Kier molecular flexibility index (Phi) is 5.28. The van der Waals surface area contributed by atoms with Crippen LogP contribution in [0, 0.1) is 13.8 Å². The van der Waals surface area contributed by atoms with Crippen molar-refractivity contribution in [2.24, 2.45) is 5.73 Å². The number of amides is 1. The van der Waals surface area contributed by atoms with E-state index in [1.165, 1.54) is 11.1 Å². The van der Waals surface area contributed by atoms with Crippen LogP contribution in [0.2, 0.25) is 0 Å². The molecule has 0 aromatic heterocycles. The highest BCUT2D eigenvalue weighted by Crippen LogP contribution is 2.02. The molecule has 1 rings (SSSR count). The van der Waals surface area contributed by atoms with E-state index in [1.54, 1.807) is 0 Å².